The summed E-state index contributed by atoms with van der Waals surface area (Å²) in [6.45, 7) is 5.09. The first-order valence-corrected chi connectivity index (χ1v) is 10.4. The molecule has 1 aromatic rings. The maximum absolute atomic E-state index is 12.9. The summed E-state index contributed by atoms with van der Waals surface area (Å²) in [5.74, 6) is 3.51. The SMILES string of the molecule is CCCN(C(=O)C1CSCCS1)C(C)c1ccccc1Br. The van der Waals surface area contributed by atoms with E-state index < -0.39 is 0 Å². The van der Waals surface area contributed by atoms with Crippen molar-refractivity contribution in [3.05, 3.63) is 34.3 Å². The molecule has 116 valence electrons. The highest BCUT2D eigenvalue weighted by molar-refractivity contribution is 9.10. The lowest BCUT2D eigenvalue weighted by molar-refractivity contribution is -0.132. The van der Waals surface area contributed by atoms with E-state index in [1.165, 1.54) is 11.3 Å². The van der Waals surface area contributed by atoms with E-state index in [-0.39, 0.29) is 11.3 Å². The van der Waals surface area contributed by atoms with Gasteiger partial charge < -0.3 is 4.90 Å². The van der Waals surface area contributed by atoms with Crippen LogP contribution in [0.5, 0.6) is 0 Å². The van der Waals surface area contributed by atoms with E-state index in [9.17, 15) is 4.79 Å². The predicted molar refractivity (Wildman–Crippen MR) is 98.1 cm³/mol. The van der Waals surface area contributed by atoms with Gasteiger partial charge in [-0.1, -0.05) is 41.1 Å². The summed E-state index contributed by atoms with van der Waals surface area (Å²) in [4.78, 5) is 14.9. The molecule has 0 radical (unpaired) electrons. The van der Waals surface area contributed by atoms with Crippen LogP contribution in [-0.2, 0) is 4.79 Å². The number of halogens is 1. The Morgan fingerprint density at radius 2 is 2.19 bits per heavy atom. The number of nitrogens with zero attached hydrogens (tertiary/aromatic N) is 1. The second-order valence-corrected chi connectivity index (χ2v) is 8.48. The van der Waals surface area contributed by atoms with E-state index in [2.05, 4.69) is 40.7 Å². The molecule has 5 heteroatoms. The van der Waals surface area contributed by atoms with Gasteiger partial charge in [-0.15, -0.1) is 11.8 Å². The number of benzene rings is 1. The first kappa shape index (κ1) is 17.2. The van der Waals surface area contributed by atoms with Crippen LogP contribution in [0.2, 0.25) is 0 Å². The molecule has 1 heterocycles. The lowest BCUT2D eigenvalue weighted by Crippen LogP contribution is -2.42. The first-order valence-electron chi connectivity index (χ1n) is 7.39. The topological polar surface area (TPSA) is 20.3 Å². The molecule has 1 fully saturated rings. The normalized spacial score (nSPS) is 20.0. The molecule has 0 spiro atoms. The number of rotatable bonds is 5. The van der Waals surface area contributed by atoms with Crippen molar-refractivity contribution in [2.45, 2.75) is 31.6 Å². The van der Waals surface area contributed by atoms with Crippen molar-refractivity contribution in [1.82, 2.24) is 4.90 Å². The summed E-state index contributed by atoms with van der Waals surface area (Å²) in [6, 6.07) is 8.32. The lowest BCUT2D eigenvalue weighted by atomic mass is 10.1. The quantitative estimate of drug-likeness (QED) is 0.736. The van der Waals surface area contributed by atoms with Gasteiger partial charge in [0.1, 0.15) is 0 Å². The summed E-state index contributed by atoms with van der Waals surface area (Å²) in [7, 11) is 0. The van der Waals surface area contributed by atoms with Gasteiger partial charge in [0.2, 0.25) is 5.91 Å². The van der Waals surface area contributed by atoms with Crippen molar-refractivity contribution >= 4 is 45.4 Å². The molecular weight excluding hydrogens is 366 g/mol. The van der Waals surface area contributed by atoms with Crippen LogP contribution in [0.15, 0.2) is 28.7 Å². The van der Waals surface area contributed by atoms with Crippen LogP contribution in [0.1, 0.15) is 31.9 Å². The maximum Gasteiger partial charge on any atom is 0.237 e. The van der Waals surface area contributed by atoms with Crippen LogP contribution in [0, 0.1) is 0 Å². The highest BCUT2D eigenvalue weighted by Crippen LogP contribution is 2.31. The molecule has 0 bridgehead atoms. The standard InChI is InChI=1S/C16H22BrNOS2/c1-3-8-18(16(19)15-11-20-9-10-21-15)12(2)13-6-4-5-7-14(13)17/h4-7,12,15H,3,8-11H2,1-2H3. The number of hydrogen-bond acceptors (Lipinski definition) is 3. The second-order valence-electron chi connectivity index (χ2n) is 5.16. The highest BCUT2D eigenvalue weighted by Gasteiger charge is 2.30. The Labute approximate surface area is 144 Å². The van der Waals surface area contributed by atoms with Gasteiger partial charge in [-0.25, -0.2) is 0 Å². The van der Waals surface area contributed by atoms with Gasteiger partial charge in [0.25, 0.3) is 0 Å². The zero-order chi connectivity index (χ0) is 15.2. The van der Waals surface area contributed by atoms with Gasteiger partial charge in [-0.3, -0.25) is 4.79 Å². The third-order valence-corrected chi connectivity index (χ3v) is 7.13. The Kier molecular flexibility index (Phi) is 6.96. The molecule has 0 N–H and O–H groups in total. The zero-order valence-electron chi connectivity index (χ0n) is 12.5. The first-order chi connectivity index (χ1) is 10.1. The Balaban J connectivity index is 2.17. The highest BCUT2D eigenvalue weighted by atomic mass is 79.9. The van der Waals surface area contributed by atoms with Crippen molar-refractivity contribution in [1.29, 1.82) is 0 Å². The van der Waals surface area contributed by atoms with Gasteiger partial charge in [0.05, 0.1) is 11.3 Å². The number of amides is 1. The van der Waals surface area contributed by atoms with Crippen molar-refractivity contribution in [3.63, 3.8) is 0 Å². The van der Waals surface area contributed by atoms with E-state index >= 15 is 0 Å². The van der Waals surface area contributed by atoms with Crippen LogP contribution in [0.25, 0.3) is 0 Å². The summed E-state index contributed by atoms with van der Waals surface area (Å²) in [6.07, 6.45) is 0.991. The lowest BCUT2D eigenvalue weighted by Gasteiger charge is -2.34. The molecule has 1 aliphatic heterocycles. The fourth-order valence-corrected chi connectivity index (χ4v) is 5.76. The van der Waals surface area contributed by atoms with Crippen molar-refractivity contribution in [2.75, 3.05) is 23.8 Å². The molecule has 1 saturated heterocycles. The van der Waals surface area contributed by atoms with Gasteiger partial charge in [-0.2, -0.15) is 11.8 Å². The summed E-state index contributed by atoms with van der Waals surface area (Å²) in [5.41, 5.74) is 1.19. The fourth-order valence-electron chi connectivity index (χ4n) is 2.53. The molecule has 1 amide bonds. The second kappa shape index (κ2) is 8.49. The third-order valence-electron chi connectivity index (χ3n) is 3.66. The Morgan fingerprint density at radius 3 is 2.81 bits per heavy atom. The molecule has 0 saturated carbocycles. The number of thioether (sulfide) groups is 2. The Hall–Kier alpha value is -0.130. The van der Waals surface area contributed by atoms with E-state index in [0.29, 0.717) is 5.91 Å². The molecule has 21 heavy (non-hydrogen) atoms. The minimum atomic E-state index is 0.112. The summed E-state index contributed by atoms with van der Waals surface area (Å²) >= 11 is 7.33. The molecule has 2 unspecified atom stereocenters. The van der Waals surface area contributed by atoms with Gasteiger partial charge in [0.15, 0.2) is 0 Å². The molecule has 1 aromatic carbocycles. The molecule has 2 rings (SSSR count). The fraction of sp³-hybridized carbons (Fsp3) is 0.562. The van der Waals surface area contributed by atoms with E-state index in [0.717, 1.165) is 28.9 Å². The minimum absolute atomic E-state index is 0.112. The maximum atomic E-state index is 12.9. The zero-order valence-corrected chi connectivity index (χ0v) is 15.8. The summed E-state index contributed by atoms with van der Waals surface area (Å²) in [5, 5.41) is 0.125. The van der Waals surface area contributed by atoms with Crippen LogP contribution in [0.3, 0.4) is 0 Å². The number of hydrogen-bond donors (Lipinski definition) is 0. The van der Waals surface area contributed by atoms with E-state index in [1.807, 2.05) is 41.7 Å². The number of carbonyl (C=O) groups is 1. The molecule has 0 aromatic heterocycles. The average molecular weight is 388 g/mol. The largest absolute Gasteiger partial charge is 0.335 e. The molecule has 2 atom stereocenters. The van der Waals surface area contributed by atoms with Crippen molar-refractivity contribution in [2.24, 2.45) is 0 Å². The Morgan fingerprint density at radius 1 is 1.43 bits per heavy atom. The Bertz CT molecular complexity index is 477. The molecule has 0 aliphatic carbocycles. The van der Waals surface area contributed by atoms with Crippen molar-refractivity contribution in [3.8, 4) is 0 Å². The van der Waals surface area contributed by atoms with Crippen LogP contribution in [0.4, 0.5) is 0 Å². The third kappa shape index (κ3) is 4.42. The minimum Gasteiger partial charge on any atom is -0.335 e. The molecule has 1 aliphatic rings. The van der Waals surface area contributed by atoms with Crippen LogP contribution in [-0.4, -0.2) is 39.9 Å². The average Bonchev–Trinajstić information content (AvgIpc) is 2.52. The summed E-state index contributed by atoms with van der Waals surface area (Å²) < 4.78 is 1.08. The predicted octanol–water partition coefficient (Wildman–Crippen LogP) is 4.60. The van der Waals surface area contributed by atoms with Crippen LogP contribution < -0.4 is 0 Å². The van der Waals surface area contributed by atoms with Gasteiger partial charge in [0, 0.05) is 28.3 Å². The smallest absolute Gasteiger partial charge is 0.237 e. The molecule has 2 nitrogen and oxygen atoms in total. The monoisotopic (exact) mass is 387 g/mol. The number of carbonyl (C=O) groups excluding carboxylic acids is 1. The van der Waals surface area contributed by atoms with Crippen LogP contribution >= 0.6 is 39.5 Å². The molecular formula is C16H22BrNOS2. The van der Waals surface area contributed by atoms with Gasteiger partial charge >= 0.3 is 0 Å². The van der Waals surface area contributed by atoms with E-state index in [4.69, 9.17) is 0 Å². The van der Waals surface area contributed by atoms with Crippen molar-refractivity contribution < 1.29 is 4.79 Å². The van der Waals surface area contributed by atoms with Gasteiger partial charge in [-0.05, 0) is 25.0 Å². The van der Waals surface area contributed by atoms with E-state index in [1.54, 1.807) is 0 Å².